The van der Waals surface area contributed by atoms with Gasteiger partial charge >= 0.3 is 6.03 Å². The lowest BCUT2D eigenvalue weighted by Crippen LogP contribution is -2.47. The number of piperidine rings is 3. The van der Waals surface area contributed by atoms with Crippen LogP contribution < -0.4 is 73.2 Å². The number of hydrogen-bond donors (Lipinski definition) is 11. The number of hydrogen-bond acceptors (Lipinski definition) is 18. The molecule has 11 N–H and O–H groups in total. The molecular formula is C65H109N17O8S2. The first-order valence-corrected chi connectivity index (χ1v) is 37.3. The molecular weight excluding hydrogens is 1210 g/mol. The summed E-state index contributed by atoms with van der Waals surface area (Å²) in [7, 11) is 0. The van der Waals surface area contributed by atoms with E-state index in [-0.39, 0.29) is 77.6 Å². The van der Waals surface area contributed by atoms with Crippen LogP contribution in [0, 0.1) is 0 Å². The number of fused-ring (bicyclic) bond motifs is 2. The number of carbonyl (C=O) groups is 8. The molecule has 8 rings (SSSR count). The first-order valence-electron chi connectivity index (χ1n) is 35.2. The molecule has 0 spiro atoms. The van der Waals surface area contributed by atoms with E-state index in [4.69, 9.17) is 15.0 Å². The van der Waals surface area contributed by atoms with Gasteiger partial charge in [-0.1, -0.05) is 45.1 Å². The lowest BCUT2D eigenvalue weighted by atomic mass is 10.0. The van der Waals surface area contributed by atoms with Crippen LogP contribution >= 0.6 is 23.5 Å². The Hall–Kier alpha value is -5.99. The quantitative estimate of drug-likeness (QED) is 0.0315. The summed E-state index contributed by atoms with van der Waals surface area (Å²) >= 11 is 3.91. The number of nitrogens with one attached hydrogen (secondary N) is 11. The third kappa shape index (κ3) is 25.1. The molecule has 1 aromatic heterocycles. The van der Waals surface area contributed by atoms with Crippen molar-refractivity contribution in [1.29, 1.82) is 0 Å². The van der Waals surface area contributed by atoms with E-state index in [1.165, 1.54) is 0 Å². The molecule has 0 aromatic carbocycles. The van der Waals surface area contributed by atoms with Crippen molar-refractivity contribution in [1.82, 2.24) is 73.4 Å². The summed E-state index contributed by atoms with van der Waals surface area (Å²) in [5.74, 6) is 5.17. The largest absolute Gasteiger partial charge is 0.367 e. The molecule has 0 bridgehead atoms. The molecule has 7 fully saturated rings. The number of urea groups is 1. The fourth-order valence-corrected chi connectivity index (χ4v) is 16.7. The standard InChI is InChI=1S/C65H109N17O8S2/c1-45-70-50-43-91-52(60(50)71-45)19-11-13-23-56(86)68-33-15-3-7-21-54(84)66-35-17-5-9-25-58(88)73-48-29-39-81(40-30-48)63-77-62(80-37-27-47(28-38-80)72-46(2)83)78-64(79-63)82-41-31-49(32-42-82)74-59(89)26-10-6-18-36-67-55(85)22-8-4-16-34-69-57(87)24-14-12-20-53-61-51(44-92-53)75-65(90)76-61/h47-53,60-61,70-71H,1,3-44H2,2H3,(H,66,84)(H,67,85)(H,68,86)(H,69,87)(H,72,83)(H,73,88)(H,74,89)(H2,75,76,90). The minimum atomic E-state index is -0.0697. The van der Waals surface area contributed by atoms with Crippen molar-refractivity contribution in [3.63, 3.8) is 0 Å². The van der Waals surface area contributed by atoms with Crippen LogP contribution in [0.25, 0.3) is 0 Å². The molecule has 7 aliphatic rings. The maximum Gasteiger partial charge on any atom is 0.315 e. The molecule has 0 saturated carbocycles. The van der Waals surface area contributed by atoms with E-state index in [0.29, 0.717) is 144 Å². The highest BCUT2D eigenvalue weighted by Crippen LogP contribution is 2.35. The van der Waals surface area contributed by atoms with Crippen molar-refractivity contribution in [2.45, 2.75) is 252 Å². The average molecular weight is 1320 g/mol. The second-order valence-electron chi connectivity index (χ2n) is 26.4. The van der Waals surface area contributed by atoms with Gasteiger partial charge in [0.05, 0.1) is 30.0 Å². The van der Waals surface area contributed by atoms with Gasteiger partial charge in [0.1, 0.15) is 0 Å². The van der Waals surface area contributed by atoms with Crippen molar-refractivity contribution in [2.75, 3.05) is 91.7 Å². The second-order valence-corrected chi connectivity index (χ2v) is 28.9. The van der Waals surface area contributed by atoms with Crippen molar-refractivity contribution in [2.24, 2.45) is 0 Å². The van der Waals surface area contributed by atoms with E-state index in [0.717, 1.165) is 171 Å². The van der Waals surface area contributed by atoms with Crippen LogP contribution in [0.15, 0.2) is 12.4 Å². The van der Waals surface area contributed by atoms with Gasteiger partial charge in [-0.25, -0.2) is 4.79 Å². The lowest BCUT2D eigenvalue weighted by molar-refractivity contribution is -0.123. The molecule has 6 unspecified atom stereocenters. The fraction of sp³-hybridized carbons (Fsp3) is 0.800. The summed E-state index contributed by atoms with van der Waals surface area (Å²) in [4.78, 5) is 121. The van der Waals surface area contributed by atoms with Gasteiger partial charge in [-0.15, -0.1) is 0 Å². The predicted molar refractivity (Wildman–Crippen MR) is 363 cm³/mol. The fourth-order valence-electron chi connectivity index (χ4n) is 13.6. The van der Waals surface area contributed by atoms with Crippen LogP contribution in [0.3, 0.4) is 0 Å². The van der Waals surface area contributed by atoms with Gasteiger partial charge in [-0.2, -0.15) is 38.5 Å². The van der Waals surface area contributed by atoms with Gasteiger partial charge in [0, 0.05) is 151 Å². The number of nitrogens with zero attached hydrogens (tertiary/aromatic N) is 6. The van der Waals surface area contributed by atoms with E-state index in [1.54, 1.807) is 6.92 Å². The Morgan fingerprint density at radius 1 is 0.424 bits per heavy atom. The highest BCUT2D eigenvalue weighted by Gasteiger charge is 2.43. The predicted octanol–water partition coefficient (Wildman–Crippen LogP) is 4.66. The Balaban J connectivity index is 0.627. The first kappa shape index (κ1) is 71.9. The van der Waals surface area contributed by atoms with E-state index < -0.39 is 0 Å². The van der Waals surface area contributed by atoms with Crippen molar-refractivity contribution in [3.05, 3.63) is 12.4 Å². The van der Waals surface area contributed by atoms with Gasteiger partial charge in [0.25, 0.3) is 0 Å². The van der Waals surface area contributed by atoms with Gasteiger partial charge in [-0.05, 0) is 116 Å². The lowest BCUT2D eigenvalue weighted by Gasteiger charge is -2.36. The second kappa shape index (κ2) is 39.0. The van der Waals surface area contributed by atoms with Gasteiger partial charge in [0.2, 0.25) is 59.2 Å². The maximum atomic E-state index is 13.1. The number of rotatable bonds is 40. The van der Waals surface area contributed by atoms with Crippen molar-refractivity contribution < 1.29 is 38.4 Å². The SMILES string of the molecule is C=C1NC2CSC(CCCCC(=O)NCCCCCC(=O)NCCCCCC(=O)NC3CCN(c4nc(N5CCC(NC(C)=O)CC5)nc(N5CCC(NC(=O)CCCCCNC(=O)CCCCCNC(=O)CCCCC6SCC7NC(=O)NC76)CC5)n4)CC3)C2N1. The number of aromatic nitrogens is 3. The van der Waals surface area contributed by atoms with Crippen LogP contribution in [-0.2, 0) is 33.6 Å². The number of anilines is 3. The monoisotopic (exact) mass is 1320 g/mol. The van der Waals surface area contributed by atoms with Crippen LogP contribution in [0.4, 0.5) is 22.6 Å². The van der Waals surface area contributed by atoms with E-state index in [2.05, 4.69) is 79.8 Å². The highest BCUT2D eigenvalue weighted by atomic mass is 32.2. The third-order valence-electron chi connectivity index (χ3n) is 18.9. The molecule has 8 heterocycles. The van der Waals surface area contributed by atoms with Crippen LogP contribution in [0.2, 0.25) is 0 Å². The molecule has 7 saturated heterocycles. The highest BCUT2D eigenvalue weighted by molar-refractivity contribution is 8.00. The zero-order valence-corrected chi connectivity index (χ0v) is 56.5. The average Bonchev–Trinajstić information content (AvgIpc) is 1.19. The topological polar surface area (TPSA) is 317 Å². The summed E-state index contributed by atoms with van der Waals surface area (Å²) < 4.78 is 0. The molecule has 92 heavy (non-hydrogen) atoms. The number of carbonyl (C=O) groups excluding carboxylic acids is 8. The Labute approximate surface area is 554 Å². The molecule has 25 nitrogen and oxygen atoms in total. The first-order chi connectivity index (χ1) is 44.7. The third-order valence-corrected chi connectivity index (χ3v) is 21.9. The molecule has 1 aromatic rings. The van der Waals surface area contributed by atoms with Gasteiger partial charge < -0.3 is 73.2 Å². The number of unbranched alkanes of at least 4 members (excludes halogenated alkanes) is 10. The summed E-state index contributed by atoms with van der Waals surface area (Å²) in [5, 5.41) is 35.5. The molecule has 6 atom stereocenters. The van der Waals surface area contributed by atoms with Crippen LogP contribution in [0.5, 0.6) is 0 Å². The summed E-state index contributed by atoms with van der Waals surface area (Å²) in [6.07, 6.45) is 23.2. The Bertz CT molecular complexity index is 2400. The normalized spacial score (nSPS) is 22.3. The molecule has 0 aliphatic carbocycles. The Kier molecular flexibility index (Phi) is 30.5. The molecule has 9 amide bonds. The van der Waals surface area contributed by atoms with Crippen LogP contribution in [-0.4, -0.2) is 192 Å². The van der Waals surface area contributed by atoms with Crippen molar-refractivity contribution in [3.8, 4) is 0 Å². The Morgan fingerprint density at radius 3 is 1.12 bits per heavy atom. The molecule has 0 radical (unpaired) electrons. The summed E-state index contributed by atoms with van der Waals surface area (Å²) in [5.41, 5.74) is 0. The minimum absolute atomic E-state index is 0.0283. The van der Waals surface area contributed by atoms with Gasteiger partial charge in [-0.3, -0.25) is 33.6 Å². The van der Waals surface area contributed by atoms with Gasteiger partial charge in [0.15, 0.2) is 0 Å². The Morgan fingerprint density at radius 2 is 0.750 bits per heavy atom. The molecule has 27 heteroatoms. The zero-order valence-electron chi connectivity index (χ0n) is 54.9. The molecule has 7 aliphatic heterocycles. The molecule has 514 valence electrons. The smallest absolute Gasteiger partial charge is 0.315 e. The minimum Gasteiger partial charge on any atom is -0.367 e. The maximum absolute atomic E-state index is 13.1. The van der Waals surface area contributed by atoms with Crippen LogP contribution in [0.1, 0.15) is 200 Å². The summed E-state index contributed by atoms with van der Waals surface area (Å²) in [6, 6.07) is 1.51. The van der Waals surface area contributed by atoms with Crippen molar-refractivity contribution >= 4 is 88.8 Å². The summed E-state index contributed by atoms with van der Waals surface area (Å²) in [6.45, 7) is 12.1. The number of thioether (sulfide) groups is 2. The van der Waals surface area contributed by atoms with E-state index in [1.807, 2.05) is 23.5 Å². The van der Waals surface area contributed by atoms with E-state index >= 15 is 0 Å². The number of amides is 9. The van der Waals surface area contributed by atoms with E-state index in [9.17, 15) is 38.4 Å². The zero-order chi connectivity index (χ0) is 64.9.